The Kier molecular flexibility index (Phi) is 4.15. The third-order valence-corrected chi connectivity index (χ3v) is 3.86. The number of aromatic nitrogens is 1. The Morgan fingerprint density at radius 3 is 2.91 bits per heavy atom. The molecule has 1 aromatic heterocycles. The number of aliphatic hydroxyl groups excluding tert-OH is 2. The molecular weight excluding hydrogens is 282 g/mol. The van der Waals surface area contributed by atoms with Crippen LogP contribution in [0.5, 0.6) is 0 Å². The van der Waals surface area contributed by atoms with E-state index in [4.69, 9.17) is 4.74 Å². The lowest BCUT2D eigenvalue weighted by atomic mass is 10.2. The Balaban J connectivity index is 1.95. The first-order chi connectivity index (χ1) is 10.6. The standard InChI is InChI=1S/C16H21N3O3/c1-18(2)10-17-12-4-3-5-13-11(12)6-7-19(13)16-8-14(21)15(9-20)22-16/h3-7,10,14-16,20-21H,8-9H2,1-2H3/t14-,15+,16-/m0/s1. The molecule has 0 saturated carbocycles. The first-order valence-corrected chi connectivity index (χ1v) is 7.34. The van der Waals surface area contributed by atoms with Gasteiger partial charge in [0.1, 0.15) is 12.3 Å². The molecule has 0 unspecified atom stereocenters. The van der Waals surface area contributed by atoms with Gasteiger partial charge in [0.2, 0.25) is 0 Å². The summed E-state index contributed by atoms with van der Waals surface area (Å²) in [6.07, 6.45) is 2.76. The summed E-state index contributed by atoms with van der Waals surface area (Å²) in [4.78, 5) is 6.36. The van der Waals surface area contributed by atoms with Crippen molar-refractivity contribution in [1.82, 2.24) is 9.47 Å². The summed E-state index contributed by atoms with van der Waals surface area (Å²) < 4.78 is 7.72. The zero-order chi connectivity index (χ0) is 15.7. The molecule has 6 heteroatoms. The molecule has 2 aromatic rings. The largest absolute Gasteiger partial charge is 0.394 e. The maximum atomic E-state index is 9.90. The first kappa shape index (κ1) is 15.0. The molecule has 1 aromatic carbocycles. The minimum Gasteiger partial charge on any atom is -0.394 e. The van der Waals surface area contributed by atoms with Crippen molar-refractivity contribution in [3.63, 3.8) is 0 Å². The third kappa shape index (κ3) is 2.72. The Morgan fingerprint density at radius 1 is 1.41 bits per heavy atom. The van der Waals surface area contributed by atoms with E-state index in [1.54, 1.807) is 6.34 Å². The molecule has 1 aliphatic rings. The minimum atomic E-state index is -0.637. The van der Waals surface area contributed by atoms with Crippen LogP contribution in [0.1, 0.15) is 12.6 Å². The van der Waals surface area contributed by atoms with Gasteiger partial charge in [-0.3, -0.25) is 0 Å². The summed E-state index contributed by atoms with van der Waals surface area (Å²) in [5.74, 6) is 0. The van der Waals surface area contributed by atoms with E-state index in [-0.39, 0.29) is 12.8 Å². The summed E-state index contributed by atoms with van der Waals surface area (Å²) >= 11 is 0. The lowest BCUT2D eigenvalue weighted by molar-refractivity contribution is -0.0428. The zero-order valence-corrected chi connectivity index (χ0v) is 12.8. The fraction of sp³-hybridized carbons (Fsp3) is 0.438. The van der Waals surface area contributed by atoms with Crippen LogP contribution in [0, 0.1) is 0 Å². The molecule has 0 spiro atoms. The van der Waals surface area contributed by atoms with Crippen LogP contribution in [-0.2, 0) is 4.74 Å². The van der Waals surface area contributed by atoms with E-state index in [2.05, 4.69) is 4.99 Å². The minimum absolute atomic E-state index is 0.171. The van der Waals surface area contributed by atoms with Crippen LogP contribution in [0.25, 0.3) is 10.9 Å². The number of fused-ring (bicyclic) bond motifs is 1. The van der Waals surface area contributed by atoms with E-state index >= 15 is 0 Å². The van der Waals surface area contributed by atoms with Gasteiger partial charge >= 0.3 is 0 Å². The zero-order valence-electron chi connectivity index (χ0n) is 12.8. The van der Waals surface area contributed by atoms with E-state index in [1.807, 2.05) is 54.0 Å². The van der Waals surface area contributed by atoms with Gasteiger partial charge in [0, 0.05) is 32.1 Å². The van der Waals surface area contributed by atoms with Crippen molar-refractivity contribution >= 4 is 22.9 Å². The van der Waals surface area contributed by atoms with Gasteiger partial charge < -0.3 is 24.4 Å². The van der Waals surface area contributed by atoms with E-state index < -0.39 is 12.2 Å². The van der Waals surface area contributed by atoms with Crippen LogP contribution < -0.4 is 0 Å². The van der Waals surface area contributed by atoms with Crippen LogP contribution in [0.15, 0.2) is 35.5 Å². The number of hydrogen-bond donors (Lipinski definition) is 2. The number of aliphatic imine (C=N–C) groups is 1. The van der Waals surface area contributed by atoms with Crippen molar-refractivity contribution in [2.24, 2.45) is 4.99 Å². The van der Waals surface area contributed by atoms with Crippen molar-refractivity contribution < 1.29 is 14.9 Å². The van der Waals surface area contributed by atoms with Gasteiger partial charge in [0.25, 0.3) is 0 Å². The fourth-order valence-corrected chi connectivity index (χ4v) is 2.76. The molecule has 6 nitrogen and oxygen atoms in total. The maximum absolute atomic E-state index is 9.90. The van der Waals surface area contributed by atoms with E-state index in [1.165, 1.54) is 0 Å². The van der Waals surface area contributed by atoms with Gasteiger partial charge in [-0.1, -0.05) is 6.07 Å². The normalized spacial score (nSPS) is 25.4. The molecule has 0 radical (unpaired) electrons. The highest BCUT2D eigenvalue weighted by atomic mass is 16.5. The fourth-order valence-electron chi connectivity index (χ4n) is 2.76. The lowest BCUT2D eigenvalue weighted by Crippen LogP contribution is -2.24. The first-order valence-electron chi connectivity index (χ1n) is 7.34. The molecule has 0 bridgehead atoms. The monoisotopic (exact) mass is 303 g/mol. The van der Waals surface area contributed by atoms with Crippen molar-refractivity contribution in [2.45, 2.75) is 24.9 Å². The molecule has 3 rings (SSSR count). The maximum Gasteiger partial charge on any atom is 0.137 e. The van der Waals surface area contributed by atoms with E-state index in [9.17, 15) is 10.2 Å². The van der Waals surface area contributed by atoms with Crippen molar-refractivity contribution in [3.8, 4) is 0 Å². The average Bonchev–Trinajstić information content (AvgIpc) is 3.08. The smallest absolute Gasteiger partial charge is 0.137 e. The van der Waals surface area contributed by atoms with Crippen LogP contribution >= 0.6 is 0 Å². The molecule has 2 heterocycles. The van der Waals surface area contributed by atoms with Crippen LogP contribution in [0.3, 0.4) is 0 Å². The van der Waals surface area contributed by atoms with Crippen LogP contribution in [0.2, 0.25) is 0 Å². The number of benzene rings is 1. The lowest BCUT2D eigenvalue weighted by Gasteiger charge is -2.15. The molecule has 1 saturated heterocycles. The molecule has 3 atom stereocenters. The number of ether oxygens (including phenoxy) is 1. The third-order valence-electron chi connectivity index (χ3n) is 3.86. The molecule has 22 heavy (non-hydrogen) atoms. The van der Waals surface area contributed by atoms with Crippen molar-refractivity contribution in [3.05, 3.63) is 30.5 Å². The van der Waals surface area contributed by atoms with Gasteiger partial charge in [0.05, 0.1) is 30.3 Å². The summed E-state index contributed by atoms with van der Waals surface area (Å²) in [7, 11) is 3.86. The Hall–Kier alpha value is -1.89. The predicted molar refractivity (Wildman–Crippen MR) is 85.4 cm³/mol. The quantitative estimate of drug-likeness (QED) is 0.663. The van der Waals surface area contributed by atoms with Crippen LogP contribution in [-0.4, -0.2) is 58.9 Å². The number of rotatable bonds is 4. The van der Waals surface area contributed by atoms with E-state index in [0.717, 1.165) is 16.6 Å². The highest BCUT2D eigenvalue weighted by molar-refractivity contribution is 5.92. The Morgan fingerprint density at radius 2 is 2.23 bits per heavy atom. The summed E-state index contributed by atoms with van der Waals surface area (Å²) in [6, 6.07) is 7.93. The SMILES string of the molecule is CN(C)C=Nc1cccc2c1ccn2[C@@H]1C[C@H](O)[C@@H](CO)O1. The Bertz CT molecular complexity index is 680. The highest BCUT2D eigenvalue weighted by Gasteiger charge is 2.34. The van der Waals surface area contributed by atoms with Crippen LogP contribution in [0.4, 0.5) is 5.69 Å². The topological polar surface area (TPSA) is 70.2 Å². The summed E-state index contributed by atoms with van der Waals surface area (Å²) in [5.41, 5.74) is 1.89. The summed E-state index contributed by atoms with van der Waals surface area (Å²) in [6.45, 7) is -0.171. The Labute approximate surface area is 129 Å². The second-order valence-corrected chi connectivity index (χ2v) is 5.76. The molecular formula is C16H21N3O3. The number of aliphatic hydroxyl groups is 2. The molecule has 2 N–H and O–H groups in total. The second-order valence-electron chi connectivity index (χ2n) is 5.76. The van der Waals surface area contributed by atoms with Gasteiger partial charge in [-0.25, -0.2) is 4.99 Å². The predicted octanol–water partition coefficient (Wildman–Crippen LogP) is 1.50. The molecule has 0 amide bonds. The average molecular weight is 303 g/mol. The van der Waals surface area contributed by atoms with Gasteiger partial charge in [-0.15, -0.1) is 0 Å². The van der Waals surface area contributed by atoms with Gasteiger partial charge in [-0.2, -0.15) is 0 Å². The number of hydrogen-bond acceptors (Lipinski definition) is 4. The molecule has 0 aliphatic carbocycles. The molecule has 1 fully saturated rings. The molecule has 1 aliphatic heterocycles. The van der Waals surface area contributed by atoms with Gasteiger partial charge in [-0.05, 0) is 18.2 Å². The van der Waals surface area contributed by atoms with Crippen molar-refractivity contribution in [1.29, 1.82) is 0 Å². The van der Waals surface area contributed by atoms with E-state index in [0.29, 0.717) is 6.42 Å². The second kappa shape index (κ2) is 6.08. The van der Waals surface area contributed by atoms with Crippen molar-refractivity contribution in [2.75, 3.05) is 20.7 Å². The van der Waals surface area contributed by atoms with Gasteiger partial charge in [0.15, 0.2) is 0 Å². The summed E-state index contributed by atoms with van der Waals surface area (Å²) in [5, 5.41) is 20.1. The number of nitrogens with zero attached hydrogens (tertiary/aromatic N) is 3. The molecule has 118 valence electrons. The highest BCUT2D eigenvalue weighted by Crippen LogP contribution is 2.34.